The van der Waals surface area contributed by atoms with Crippen molar-refractivity contribution < 1.29 is 9.72 Å². The van der Waals surface area contributed by atoms with Gasteiger partial charge in [0.2, 0.25) is 0 Å². The molecule has 0 saturated carbocycles. The third kappa shape index (κ3) is 4.33. The molecule has 1 saturated heterocycles. The lowest BCUT2D eigenvalue weighted by atomic mass is 9.83. The van der Waals surface area contributed by atoms with Crippen molar-refractivity contribution in [2.45, 2.75) is 45.1 Å². The highest BCUT2D eigenvalue weighted by Crippen LogP contribution is 2.39. The van der Waals surface area contributed by atoms with Crippen LogP contribution in [0.25, 0.3) is 0 Å². The third-order valence-corrected chi connectivity index (χ3v) is 6.32. The van der Waals surface area contributed by atoms with Crippen LogP contribution >= 0.6 is 0 Å². The van der Waals surface area contributed by atoms with Crippen LogP contribution in [0.2, 0.25) is 0 Å². The Morgan fingerprint density at radius 3 is 2.81 bits per heavy atom. The molecule has 1 N–H and O–H groups in total. The van der Waals surface area contributed by atoms with Gasteiger partial charge in [-0.15, -0.1) is 0 Å². The molecule has 0 spiro atoms. The van der Waals surface area contributed by atoms with Crippen molar-refractivity contribution in [2.24, 2.45) is 5.92 Å². The number of nitro groups is 1. The number of anilines is 1. The number of aromatic nitrogens is 1. The normalized spacial score (nSPS) is 19.6. The number of nitrogens with one attached hydrogen (secondary N) is 1. The number of rotatable bonds is 7. The Labute approximate surface area is 181 Å². The topological polar surface area (TPSA) is 97.5 Å². The van der Waals surface area contributed by atoms with E-state index >= 15 is 0 Å². The van der Waals surface area contributed by atoms with Crippen molar-refractivity contribution in [3.8, 4) is 0 Å². The van der Waals surface area contributed by atoms with Crippen molar-refractivity contribution in [3.05, 3.63) is 68.1 Å². The molecule has 8 heteroatoms. The van der Waals surface area contributed by atoms with Crippen LogP contribution in [0.1, 0.15) is 54.6 Å². The van der Waals surface area contributed by atoms with Gasteiger partial charge in [0, 0.05) is 55.5 Å². The smallest absolute Gasteiger partial charge is 0.293 e. The molecule has 0 radical (unpaired) electrons. The van der Waals surface area contributed by atoms with Gasteiger partial charge in [-0.1, -0.05) is 25.8 Å². The van der Waals surface area contributed by atoms with E-state index < -0.39 is 4.92 Å². The number of carbonyl (C=O) groups is 1. The van der Waals surface area contributed by atoms with Crippen LogP contribution in [0.15, 0.2) is 41.2 Å². The fraction of sp³-hybridized carbons (Fsp3) is 0.478. The number of hydrogen-bond acceptors (Lipinski definition) is 5. The lowest BCUT2D eigenvalue weighted by Gasteiger charge is -2.43. The summed E-state index contributed by atoms with van der Waals surface area (Å²) in [4.78, 5) is 38.1. The Morgan fingerprint density at radius 2 is 2.03 bits per heavy atom. The van der Waals surface area contributed by atoms with Crippen molar-refractivity contribution in [3.63, 3.8) is 0 Å². The molecule has 8 nitrogen and oxygen atoms in total. The standard InChI is InChI=1S/C23H28N4O4/c1-2-3-4-10-24-23(29)17-8-9-20(21(12-17)27(30)31)25-13-16-11-18(15-25)19-6-5-7-22(28)26(19)14-16/h5-9,12,16,18H,2-4,10-11,13-15H2,1H3,(H,24,29)/t16-,18+/m1/s1. The molecule has 1 aromatic carbocycles. The molecule has 1 amide bonds. The van der Waals surface area contributed by atoms with E-state index in [9.17, 15) is 19.7 Å². The molecule has 0 unspecified atom stereocenters. The van der Waals surface area contributed by atoms with Gasteiger partial charge in [0.1, 0.15) is 5.69 Å². The fourth-order valence-electron chi connectivity index (χ4n) is 4.85. The van der Waals surface area contributed by atoms with Crippen molar-refractivity contribution in [2.75, 3.05) is 24.5 Å². The minimum atomic E-state index is -0.411. The maximum Gasteiger partial charge on any atom is 0.293 e. The first-order valence-electron chi connectivity index (χ1n) is 11.0. The number of piperidine rings is 1. The summed E-state index contributed by atoms with van der Waals surface area (Å²) >= 11 is 0. The molecule has 4 rings (SSSR count). The van der Waals surface area contributed by atoms with Crippen LogP contribution in [0, 0.1) is 16.0 Å². The van der Waals surface area contributed by atoms with Gasteiger partial charge in [0.25, 0.3) is 17.2 Å². The van der Waals surface area contributed by atoms with E-state index in [1.807, 2.05) is 15.5 Å². The molecule has 3 heterocycles. The maximum atomic E-state index is 12.4. The second-order valence-electron chi connectivity index (χ2n) is 8.53. The number of amides is 1. The number of carbonyl (C=O) groups excluding carboxylic acids is 1. The minimum absolute atomic E-state index is 0.0148. The maximum absolute atomic E-state index is 12.4. The predicted octanol–water partition coefficient (Wildman–Crippen LogP) is 3.30. The average molecular weight is 425 g/mol. The molecule has 2 bridgehead atoms. The number of fused-ring (bicyclic) bond motifs is 4. The van der Waals surface area contributed by atoms with E-state index in [-0.39, 0.29) is 29.0 Å². The van der Waals surface area contributed by atoms with Crippen LogP contribution in [0.5, 0.6) is 0 Å². The zero-order valence-corrected chi connectivity index (χ0v) is 17.8. The van der Waals surface area contributed by atoms with Gasteiger partial charge in [-0.3, -0.25) is 19.7 Å². The SMILES string of the molecule is CCCCCNC(=O)c1ccc(N2C[C@H]3C[C@@H](C2)c2cccc(=O)n2C3)c([N+](=O)[O-])c1. The van der Waals surface area contributed by atoms with Gasteiger partial charge in [-0.25, -0.2) is 0 Å². The second kappa shape index (κ2) is 8.91. The summed E-state index contributed by atoms with van der Waals surface area (Å²) in [7, 11) is 0. The van der Waals surface area contributed by atoms with E-state index in [4.69, 9.17) is 0 Å². The average Bonchev–Trinajstić information content (AvgIpc) is 2.77. The monoisotopic (exact) mass is 424 g/mol. The van der Waals surface area contributed by atoms with Gasteiger partial charge >= 0.3 is 0 Å². The summed E-state index contributed by atoms with van der Waals surface area (Å²) in [5.41, 5.74) is 1.81. The highest BCUT2D eigenvalue weighted by atomic mass is 16.6. The van der Waals surface area contributed by atoms with Gasteiger partial charge < -0.3 is 14.8 Å². The Balaban J connectivity index is 1.56. The molecule has 31 heavy (non-hydrogen) atoms. The quantitative estimate of drug-likeness (QED) is 0.418. The number of nitrogens with zero attached hydrogens (tertiary/aromatic N) is 3. The first kappa shape index (κ1) is 21.1. The molecule has 164 valence electrons. The minimum Gasteiger partial charge on any atom is -0.365 e. The van der Waals surface area contributed by atoms with E-state index in [0.717, 1.165) is 31.4 Å². The molecule has 2 atom stereocenters. The largest absolute Gasteiger partial charge is 0.365 e. The van der Waals surface area contributed by atoms with Crippen LogP contribution in [0.4, 0.5) is 11.4 Å². The molecular formula is C23H28N4O4. The molecule has 2 aliphatic heterocycles. The molecular weight excluding hydrogens is 396 g/mol. The van der Waals surface area contributed by atoms with Gasteiger partial charge in [-0.2, -0.15) is 0 Å². The molecule has 1 aromatic heterocycles. The number of benzene rings is 1. The Hall–Kier alpha value is -3.16. The summed E-state index contributed by atoms with van der Waals surface area (Å²) < 4.78 is 1.84. The van der Waals surface area contributed by atoms with Crippen molar-refractivity contribution in [1.82, 2.24) is 9.88 Å². The zero-order valence-electron chi connectivity index (χ0n) is 17.8. The van der Waals surface area contributed by atoms with Crippen LogP contribution in [-0.2, 0) is 6.54 Å². The summed E-state index contributed by atoms with van der Waals surface area (Å²) in [6, 6.07) is 10.1. The molecule has 0 aliphatic carbocycles. The molecule has 1 fully saturated rings. The number of unbranched alkanes of at least 4 members (excludes halogenated alkanes) is 2. The summed E-state index contributed by atoms with van der Waals surface area (Å²) in [5, 5.41) is 14.7. The van der Waals surface area contributed by atoms with Gasteiger partial charge in [0.05, 0.1) is 4.92 Å². The van der Waals surface area contributed by atoms with Crippen LogP contribution in [0.3, 0.4) is 0 Å². The Morgan fingerprint density at radius 1 is 1.19 bits per heavy atom. The number of pyridine rings is 1. The van der Waals surface area contributed by atoms with Crippen LogP contribution in [-0.4, -0.2) is 35.0 Å². The summed E-state index contributed by atoms with van der Waals surface area (Å²) in [6.07, 6.45) is 3.97. The molecule has 2 aromatic rings. The van der Waals surface area contributed by atoms with E-state index in [1.54, 1.807) is 24.3 Å². The lowest BCUT2D eigenvalue weighted by molar-refractivity contribution is -0.384. The number of hydrogen-bond donors (Lipinski definition) is 1. The third-order valence-electron chi connectivity index (χ3n) is 6.32. The first-order valence-corrected chi connectivity index (χ1v) is 11.0. The predicted molar refractivity (Wildman–Crippen MR) is 119 cm³/mol. The number of nitro benzene ring substituents is 1. The summed E-state index contributed by atoms with van der Waals surface area (Å²) in [6.45, 7) is 4.56. The molecule has 2 aliphatic rings. The summed E-state index contributed by atoms with van der Waals surface area (Å²) in [5.74, 6) is 0.129. The zero-order chi connectivity index (χ0) is 22.0. The Kier molecular flexibility index (Phi) is 6.06. The van der Waals surface area contributed by atoms with Crippen molar-refractivity contribution >= 4 is 17.3 Å². The van der Waals surface area contributed by atoms with E-state index in [1.165, 1.54) is 6.07 Å². The highest BCUT2D eigenvalue weighted by Gasteiger charge is 2.36. The van der Waals surface area contributed by atoms with Crippen molar-refractivity contribution in [1.29, 1.82) is 0 Å². The fourth-order valence-corrected chi connectivity index (χ4v) is 4.85. The highest BCUT2D eigenvalue weighted by molar-refractivity contribution is 5.95. The van der Waals surface area contributed by atoms with Crippen LogP contribution < -0.4 is 15.8 Å². The lowest BCUT2D eigenvalue weighted by Crippen LogP contribution is -2.47. The van der Waals surface area contributed by atoms with Gasteiger partial charge in [0.15, 0.2) is 0 Å². The van der Waals surface area contributed by atoms with Gasteiger partial charge in [-0.05, 0) is 37.0 Å². The van der Waals surface area contributed by atoms with E-state index in [2.05, 4.69) is 12.2 Å². The van der Waals surface area contributed by atoms with E-state index in [0.29, 0.717) is 37.4 Å². The Bertz CT molecular complexity index is 1050. The second-order valence-corrected chi connectivity index (χ2v) is 8.53. The first-order chi connectivity index (χ1) is 15.0.